The predicted molar refractivity (Wildman–Crippen MR) is 59.1 cm³/mol. The first-order chi connectivity index (χ1) is 7.54. The molecule has 2 N–H and O–H groups in total. The van der Waals surface area contributed by atoms with Crippen LogP contribution in [0.25, 0.3) is 0 Å². The van der Waals surface area contributed by atoms with E-state index in [0.717, 1.165) is 12.8 Å². The third-order valence-electron chi connectivity index (χ3n) is 2.71. The summed E-state index contributed by atoms with van der Waals surface area (Å²) in [5, 5.41) is -0.0175. The van der Waals surface area contributed by atoms with Gasteiger partial charge in [0.2, 0.25) is 5.09 Å². The Morgan fingerprint density at radius 1 is 1.50 bits per heavy atom. The van der Waals surface area contributed by atoms with Gasteiger partial charge in [-0.3, -0.25) is 0 Å². The van der Waals surface area contributed by atoms with Gasteiger partial charge in [0.25, 0.3) is 10.0 Å². The Hall–Kier alpha value is -0.850. The lowest BCUT2D eigenvalue weighted by Gasteiger charge is -2.14. The number of sulfonamides is 1. The van der Waals surface area contributed by atoms with Crippen molar-refractivity contribution < 1.29 is 12.8 Å². The standard InChI is InChI=1S/C10H16N2O3S/c1-12(7-8-2-3-8)16(13,14)10-5-4-9(6-11)15-10/h4-5,8H,2-3,6-7,11H2,1H3. The summed E-state index contributed by atoms with van der Waals surface area (Å²) in [4.78, 5) is 0. The Kier molecular flexibility index (Phi) is 3.05. The molecule has 0 spiro atoms. The molecule has 5 nitrogen and oxygen atoms in total. The molecule has 0 saturated heterocycles. The molecule has 0 amide bonds. The van der Waals surface area contributed by atoms with Crippen molar-refractivity contribution in [1.29, 1.82) is 0 Å². The Morgan fingerprint density at radius 2 is 2.19 bits per heavy atom. The smallest absolute Gasteiger partial charge is 0.276 e. The van der Waals surface area contributed by atoms with E-state index in [4.69, 9.17) is 10.2 Å². The van der Waals surface area contributed by atoms with Crippen LogP contribution in [-0.4, -0.2) is 26.3 Å². The lowest BCUT2D eigenvalue weighted by atomic mass is 10.4. The monoisotopic (exact) mass is 244 g/mol. The first-order valence-electron chi connectivity index (χ1n) is 5.29. The first-order valence-corrected chi connectivity index (χ1v) is 6.73. The molecule has 2 rings (SSSR count). The molecule has 90 valence electrons. The molecular formula is C10H16N2O3S. The minimum Gasteiger partial charge on any atom is -0.447 e. The third kappa shape index (κ3) is 2.28. The molecule has 0 unspecified atom stereocenters. The minimum atomic E-state index is -3.47. The van der Waals surface area contributed by atoms with Gasteiger partial charge < -0.3 is 10.2 Å². The van der Waals surface area contributed by atoms with Gasteiger partial charge in [-0.15, -0.1) is 0 Å². The van der Waals surface area contributed by atoms with Crippen molar-refractivity contribution in [2.24, 2.45) is 11.7 Å². The zero-order chi connectivity index (χ0) is 11.8. The van der Waals surface area contributed by atoms with Crippen LogP contribution in [0.2, 0.25) is 0 Å². The number of hydrogen-bond acceptors (Lipinski definition) is 4. The van der Waals surface area contributed by atoms with Crippen LogP contribution in [0.3, 0.4) is 0 Å². The second-order valence-electron chi connectivity index (χ2n) is 4.15. The van der Waals surface area contributed by atoms with Crippen LogP contribution in [0.15, 0.2) is 21.6 Å². The molecule has 1 aliphatic rings. The van der Waals surface area contributed by atoms with Gasteiger partial charge >= 0.3 is 0 Å². The molecule has 0 atom stereocenters. The van der Waals surface area contributed by atoms with E-state index in [0.29, 0.717) is 18.2 Å². The average Bonchev–Trinajstić information content (AvgIpc) is 2.93. The van der Waals surface area contributed by atoms with E-state index in [1.165, 1.54) is 10.4 Å². The maximum absolute atomic E-state index is 12.0. The second kappa shape index (κ2) is 4.20. The maximum Gasteiger partial charge on any atom is 0.276 e. The van der Waals surface area contributed by atoms with E-state index in [9.17, 15) is 8.42 Å². The van der Waals surface area contributed by atoms with E-state index >= 15 is 0 Å². The van der Waals surface area contributed by atoms with Crippen molar-refractivity contribution in [3.05, 3.63) is 17.9 Å². The molecule has 1 fully saturated rings. The van der Waals surface area contributed by atoms with E-state index in [1.807, 2.05) is 0 Å². The molecule has 1 heterocycles. The summed E-state index contributed by atoms with van der Waals surface area (Å²) in [5.41, 5.74) is 5.37. The van der Waals surface area contributed by atoms with E-state index in [2.05, 4.69) is 0 Å². The molecule has 1 aromatic heterocycles. The Labute approximate surface area is 95.3 Å². The fourth-order valence-electron chi connectivity index (χ4n) is 1.52. The zero-order valence-electron chi connectivity index (χ0n) is 9.22. The molecule has 1 aromatic rings. The lowest BCUT2D eigenvalue weighted by Crippen LogP contribution is -2.28. The average molecular weight is 244 g/mol. The van der Waals surface area contributed by atoms with Crippen LogP contribution < -0.4 is 5.73 Å². The van der Waals surface area contributed by atoms with Gasteiger partial charge in [-0.25, -0.2) is 8.42 Å². The predicted octanol–water partition coefficient (Wildman–Crippen LogP) is 0.769. The summed E-state index contributed by atoms with van der Waals surface area (Å²) in [5.74, 6) is 1.00. The fourth-order valence-corrected chi connectivity index (χ4v) is 2.69. The van der Waals surface area contributed by atoms with Gasteiger partial charge in [-0.1, -0.05) is 0 Å². The molecule has 6 heteroatoms. The highest BCUT2D eigenvalue weighted by Gasteiger charge is 2.30. The largest absolute Gasteiger partial charge is 0.447 e. The van der Waals surface area contributed by atoms with Gasteiger partial charge in [-0.2, -0.15) is 4.31 Å². The number of hydrogen-bond donors (Lipinski definition) is 1. The topological polar surface area (TPSA) is 76.5 Å². The summed E-state index contributed by atoms with van der Waals surface area (Å²) in [6.45, 7) is 0.781. The van der Waals surface area contributed by atoms with E-state index < -0.39 is 10.0 Å². The van der Waals surface area contributed by atoms with Gasteiger partial charge in [0.05, 0.1) is 6.54 Å². The molecule has 0 bridgehead atoms. The van der Waals surface area contributed by atoms with E-state index in [-0.39, 0.29) is 11.6 Å². The zero-order valence-corrected chi connectivity index (χ0v) is 10.0. The minimum absolute atomic E-state index is 0.0175. The normalized spacial score (nSPS) is 16.9. The summed E-state index contributed by atoms with van der Waals surface area (Å²) < 4.78 is 30.5. The van der Waals surface area contributed by atoms with Crippen molar-refractivity contribution in [2.45, 2.75) is 24.5 Å². The summed E-state index contributed by atoms with van der Waals surface area (Å²) in [6.07, 6.45) is 2.23. The van der Waals surface area contributed by atoms with Crippen LogP contribution in [0.5, 0.6) is 0 Å². The van der Waals surface area contributed by atoms with E-state index in [1.54, 1.807) is 13.1 Å². The molecule has 1 aliphatic carbocycles. The quantitative estimate of drug-likeness (QED) is 0.830. The van der Waals surface area contributed by atoms with Crippen molar-refractivity contribution >= 4 is 10.0 Å². The van der Waals surface area contributed by atoms with Crippen molar-refractivity contribution in [3.63, 3.8) is 0 Å². The Morgan fingerprint density at radius 3 is 2.69 bits per heavy atom. The molecule has 1 saturated carbocycles. The first kappa shape index (κ1) is 11.6. The molecular weight excluding hydrogens is 228 g/mol. The van der Waals surface area contributed by atoms with Crippen LogP contribution in [0.1, 0.15) is 18.6 Å². The highest BCUT2D eigenvalue weighted by molar-refractivity contribution is 7.89. The van der Waals surface area contributed by atoms with Gasteiger partial charge in [0.15, 0.2) is 0 Å². The Bertz CT molecular complexity index is 462. The fraction of sp³-hybridized carbons (Fsp3) is 0.600. The molecule has 0 radical (unpaired) electrons. The van der Waals surface area contributed by atoms with Crippen molar-refractivity contribution in [2.75, 3.05) is 13.6 Å². The second-order valence-corrected chi connectivity index (χ2v) is 6.13. The summed E-state index contributed by atoms with van der Waals surface area (Å²) in [7, 11) is -1.89. The highest BCUT2D eigenvalue weighted by atomic mass is 32.2. The lowest BCUT2D eigenvalue weighted by molar-refractivity contribution is 0.384. The van der Waals surface area contributed by atoms with Gasteiger partial charge in [-0.05, 0) is 30.9 Å². The number of furan rings is 1. The number of nitrogens with zero attached hydrogens (tertiary/aromatic N) is 1. The summed E-state index contributed by atoms with van der Waals surface area (Å²) in [6, 6.07) is 3.05. The third-order valence-corrected chi connectivity index (χ3v) is 4.41. The maximum atomic E-state index is 12.0. The molecule has 16 heavy (non-hydrogen) atoms. The van der Waals surface area contributed by atoms with Crippen LogP contribution in [0.4, 0.5) is 0 Å². The van der Waals surface area contributed by atoms with Gasteiger partial charge in [0, 0.05) is 13.6 Å². The SMILES string of the molecule is CN(CC1CC1)S(=O)(=O)c1ccc(CN)o1. The molecule has 0 aliphatic heterocycles. The van der Waals surface area contributed by atoms with Crippen LogP contribution in [0, 0.1) is 5.92 Å². The van der Waals surface area contributed by atoms with Crippen molar-refractivity contribution in [1.82, 2.24) is 4.31 Å². The van der Waals surface area contributed by atoms with Crippen LogP contribution in [-0.2, 0) is 16.6 Å². The number of rotatable bonds is 5. The van der Waals surface area contributed by atoms with Crippen LogP contribution >= 0.6 is 0 Å². The Balaban J connectivity index is 2.16. The highest BCUT2D eigenvalue weighted by Crippen LogP contribution is 2.31. The summed E-state index contributed by atoms with van der Waals surface area (Å²) >= 11 is 0. The molecule has 0 aromatic carbocycles. The number of nitrogens with two attached hydrogens (primary N) is 1. The van der Waals surface area contributed by atoms with Gasteiger partial charge in [0.1, 0.15) is 5.76 Å². The van der Waals surface area contributed by atoms with Crippen molar-refractivity contribution in [3.8, 4) is 0 Å².